The molecule has 0 spiro atoms. The SMILES string of the molecule is CC1CCC2(O)C(C)C1C(=O)C(=O)C1(C)C(O)CC3OCC3(C)C1C2O. The number of hydrogen-bond donors (Lipinski definition) is 3. The van der Waals surface area contributed by atoms with Crippen LogP contribution in [-0.2, 0) is 14.3 Å². The van der Waals surface area contributed by atoms with Crippen molar-refractivity contribution in [2.45, 2.75) is 70.9 Å². The van der Waals surface area contributed by atoms with E-state index in [1.807, 2.05) is 13.8 Å². The van der Waals surface area contributed by atoms with Gasteiger partial charge in [-0.15, -0.1) is 0 Å². The first-order valence-electron chi connectivity index (χ1n) is 9.78. The van der Waals surface area contributed by atoms with Crippen LogP contribution in [0.3, 0.4) is 0 Å². The zero-order valence-electron chi connectivity index (χ0n) is 15.9. The van der Waals surface area contributed by atoms with Crippen LogP contribution in [0.2, 0.25) is 0 Å². The number of aliphatic hydroxyl groups is 3. The van der Waals surface area contributed by atoms with Gasteiger partial charge in [-0.2, -0.15) is 0 Å². The predicted molar refractivity (Wildman–Crippen MR) is 92.1 cm³/mol. The lowest BCUT2D eigenvalue weighted by Gasteiger charge is -2.66. The molecule has 0 aromatic heterocycles. The third kappa shape index (κ3) is 1.91. The van der Waals surface area contributed by atoms with Crippen molar-refractivity contribution in [2.24, 2.45) is 34.5 Å². The van der Waals surface area contributed by atoms with Crippen molar-refractivity contribution in [1.29, 1.82) is 0 Å². The zero-order chi connectivity index (χ0) is 19.2. The van der Waals surface area contributed by atoms with Crippen molar-refractivity contribution in [3.63, 3.8) is 0 Å². The highest BCUT2D eigenvalue weighted by atomic mass is 16.5. The lowest BCUT2D eigenvalue weighted by Crippen LogP contribution is -2.76. The maximum absolute atomic E-state index is 13.4. The van der Waals surface area contributed by atoms with Crippen LogP contribution >= 0.6 is 0 Å². The first-order chi connectivity index (χ1) is 12.0. The molecular formula is C20H30O6. The van der Waals surface area contributed by atoms with Crippen molar-refractivity contribution >= 4 is 11.6 Å². The molecule has 26 heavy (non-hydrogen) atoms. The van der Waals surface area contributed by atoms with E-state index in [0.29, 0.717) is 19.4 Å². The molecule has 4 rings (SSSR count). The maximum atomic E-state index is 13.4. The molecule has 1 heterocycles. The number of ether oxygens (including phenoxy) is 1. The standard InChI is InChI=1S/C20H30O6/c1-9-5-6-20(25)10(2)13(9)14(22)16(23)19(4)11(21)7-12-18(3,8-26-12)15(19)17(20)24/h9-13,15,17,21,24-25H,5-8H2,1-4H3. The highest BCUT2D eigenvalue weighted by Crippen LogP contribution is 2.62. The lowest BCUT2D eigenvalue weighted by molar-refractivity contribution is -0.310. The van der Waals surface area contributed by atoms with Crippen LogP contribution in [0.5, 0.6) is 0 Å². The molecule has 3 aliphatic carbocycles. The fraction of sp³-hybridized carbons (Fsp3) is 0.900. The van der Waals surface area contributed by atoms with Crippen LogP contribution < -0.4 is 0 Å². The molecule has 1 saturated heterocycles. The third-order valence-electron chi connectivity index (χ3n) is 8.60. The van der Waals surface area contributed by atoms with Crippen LogP contribution in [0.15, 0.2) is 0 Å². The molecule has 2 bridgehead atoms. The molecule has 0 radical (unpaired) electrons. The van der Waals surface area contributed by atoms with E-state index in [-0.39, 0.29) is 18.4 Å². The molecule has 0 aromatic rings. The fourth-order valence-electron chi connectivity index (χ4n) is 6.69. The largest absolute Gasteiger partial charge is 0.392 e. The molecule has 1 aliphatic heterocycles. The average Bonchev–Trinajstić information content (AvgIpc) is 2.59. The summed E-state index contributed by atoms with van der Waals surface area (Å²) in [6.07, 6.45) is -1.30. The number of fused-ring (bicyclic) bond motifs is 5. The van der Waals surface area contributed by atoms with E-state index in [4.69, 9.17) is 4.74 Å². The Morgan fingerprint density at radius 2 is 1.81 bits per heavy atom. The number of carbonyl (C=O) groups excluding carboxylic acids is 2. The monoisotopic (exact) mass is 366 g/mol. The van der Waals surface area contributed by atoms with E-state index in [1.165, 1.54) is 0 Å². The van der Waals surface area contributed by atoms with Gasteiger partial charge in [0.25, 0.3) is 0 Å². The number of hydrogen-bond acceptors (Lipinski definition) is 6. The van der Waals surface area contributed by atoms with Gasteiger partial charge in [0.2, 0.25) is 11.6 Å². The van der Waals surface area contributed by atoms with Crippen LogP contribution in [0, 0.1) is 34.5 Å². The van der Waals surface area contributed by atoms with E-state index >= 15 is 0 Å². The van der Waals surface area contributed by atoms with Crippen molar-refractivity contribution in [2.75, 3.05) is 6.61 Å². The van der Waals surface area contributed by atoms with Gasteiger partial charge in [0.15, 0.2) is 0 Å². The summed E-state index contributed by atoms with van der Waals surface area (Å²) in [4.78, 5) is 26.6. The van der Waals surface area contributed by atoms with Crippen LogP contribution in [-0.4, -0.2) is 57.4 Å². The maximum Gasteiger partial charge on any atom is 0.207 e. The smallest absolute Gasteiger partial charge is 0.207 e. The van der Waals surface area contributed by atoms with Gasteiger partial charge < -0.3 is 20.1 Å². The quantitative estimate of drug-likeness (QED) is 0.546. The van der Waals surface area contributed by atoms with E-state index < -0.39 is 58.0 Å². The normalized spacial score (nSPS) is 59.6. The molecule has 0 amide bonds. The molecule has 10 unspecified atom stereocenters. The second kappa shape index (κ2) is 5.37. The highest BCUT2D eigenvalue weighted by molar-refractivity contribution is 6.40. The molecule has 146 valence electrons. The second-order valence-electron chi connectivity index (χ2n) is 9.78. The van der Waals surface area contributed by atoms with Gasteiger partial charge in [0.05, 0.1) is 35.9 Å². The molecule has 3 saturated carbocycles. The molecule has 6 nitrogen and oxygen atoms in total. The second-order valence-corrected chi connectivity index (χ2v) is 9.78. The van der Waals surface area contributed by atoms with Crippen molar-refractivity contribution in [3.05, 3.63) is 0 Å². The van der Waals surface area contributed by atoms with Gasteiger partial charge in [-0.1, -0.05) is 20.8 Å². The zero-order valence-corrected chi connectivity index (χ0v) is 15.9. The molecule has 4 aliphatic rings. The summed E-state index contributed by atoms with van der Waals surface area (Å²) in [6, 6.07) is 0. The van der Waals surface area contributed by atoms with Crippen molar-refractivity contribution in [3.8, 4) is 0 Å². The first-order valence-corrected chi connectivity index (χ1v) is 9.78. The Kier molecular flexibility index (Phi) is 3.83. The van der Waals surface area contributed by atoms with E-state index in [9.17, 15) is 24.9 Å². The van der Waals surface area contributed by atoms with Crippen molar-refractivity contribution < 1.29 is 29.6 Å². The van der Waals surface area contributed by atoms with Gasteiger partial charge >= 0.3 is 0 Å². The minimum Gasteiger partial charge on any atom is -0.392 e. The van der Waals surface area contributed by atoms with E-state index in [0.717, 1.165) is 0 Å². The Bertz CT molecular complexity index is 663. The Morgan fingerprint density at radius 3 is 2.38 bits per heavy atom. The van der Waals surface area contributed by atoms with Gasteiger partial charge in [0, 0.05) is 23.7 Å². The summed E-state index contributed by atoms with van der Waals surface area (Å²) in [6.45, 7) is 7.59. The van der Waals surface area contributed by atoms with E-state index in [2.05, 4.69) is 0 Å². The average molecular weight is 366 g/mol. The molecular weight excluding hydrogens is 336 g/mol. The summed E-state index contributed by atoms with van der Waals surface area (Å²) in [5.74, 6) is -2.98. The van der Waals surface area contributed by atoms with Crippen LogP contribution in [0.4, 0.5) is 0 Å². The Morgan fingerprint density at radius 1 is 1.15 bits per heavy atom. The summed E-state index contributed by atoms with van der Waals surface area (Å²) in [5.41, 5.74) is -3.40. The lowest BCUT2D eigenvalue weighted by atomic mass is 9.43. The van der Waals surface area contributed by atoms with Gasteiger partial charge in [-0.05, 0) is 31.6 Å². The van der Waals surface area contributed by atoms with E-state index in [1.54, 1.807) is 13.8 Å². The summed E-state index contributed by atoms with van der Waals surface area (Å²) in [5, 5.41) is 33.8. The number of carbonyl (C=O) groups is 2. The Labute approximate surface area is 153 Å². The highest BCUT2D eigenvalue weighted by Gasteiger charge is 2.72. The Balaban J connectivity index is 1.92. The number of rotatable bonds is 0. The summed E-state index contributed by atoms with van der Waals surface area (Å²) >= 11 is 0. The Hall–Kier alpha value is -0.820. The van der Waals surface area contributed by atoms with Crippen molar-refractivity contribution in [1.82, 2.24) is 0 Å². The number of Topliss-reactive ketones (excluding diaryl/α,β-unsaturated/α-hetero) is 2. The first kappa shape index (κ1) is 18.5. The number of aliphatic hydroxyl groups excluding tert-OH is 2. The molecule has 6 heteroatoms. The molecule has 10 atom stereocenters. The minimum absolute atomic E-state index is 0.0369. The van der Waals surface area contributed by atoms with Crippen LogP contribution in [0.1, 0.15) is 47.0 Å². The summed E-state index contributed by atoms with van der Waals surface area (Å²) < 4.78 is 5.62. The molecule has 3 N–H and O–H groups in total. The van der Waals surface area contributed by atoms with Gasteiger partial charge in [-0.25, -0.2) is 0 Å². The minimum atomic E-state index is -1.44. The topological polar surface area (TPSA) is 104 Å². The van der Waals surface area contributed by atoms with Crippen LogP contribution in [0.25, 0.3) is 0 Å². The third-order valence-corrected chi connectivity index (χ3v) is 8.60. The van der Waals surface area contributed by atoms with Gasteiger partial charge in [-0.3, -0.25) is 9.59 Å². The molecule has 0 aromatic carbocycles. The van der Waals surface area contributed by atoms with Gasteiger partial charge in [0.1, 0.15) is 0 Å². The predicted octanol–water partition coefficient (Wildman–Crippen LogP) is 0.705. The number of ketones is 2. The molecule has 4 fully saturated rings. The fourth-order valence-corrected chi connectivity index (χ4v) is 6.69. The summed E-state index contributed by atoms with van der Waals surface area (Å²) in [7, 11) is 0.